The highest BCUT2D eigenvalue weighted by Crippen LogP contribution is 2.38. The summed E-state index contributed by atoms with van der Waals surface area (Å²) < 4.78 is 15.9. The summed E-state index contributed by atoms with van der Waals surface area (Å²) in [6.07, 6.45) is 5.26. The maximum absolute atomic E-state index is 11.5. The molecule has 122 valence electrons. The van der Waals surface area contributed by atoms with Gasteiger partial charge in [-0.2, -0.15) is 0 Å². The lowest BCUT2D eigenvalue weighted by atomic mass is 10.1. The Morgan fingerprint density at radius 3 is 2.30 bits per heavy atom. The SMILES string of the molecule is CNC(=O)c1cnc(/C=C/c2cc(OC)c(OC)c(OC)c2)s1. The zero-order chi connectivity index (χ0) is 16.8. The molecule has 1 heterocycles. The van der Waals surface area contributed by atoms with Gasteiger partial charge in [-0.3, -0.25) is 4.79 Å². The summed E-state index contributed by atoms with van der Waals surface area (Å²) in [7, 11) is 6.29. The van der Waals surface area contributed by atoms with Gasteiger partial charge in [-0.05, 0) is 23.8 Å². The quantitative estimate of drug-likeness (QED) is 0.879. The molecule has 7 heteroatoms. The molecule has 1 amide bonds. The second-order valence-corrected chi connectivity index (χ2v) is 5.50. The zero-order valence-corrected chi connectivity index (χ0v) is 14.2. The van der Waals surface area contributed by atoms with Crippen molar-refractivity contribution >= 4 is 29.4 Å². The number of methoxy groups -OCH3 is 3. The first kappa shape index (κ1) is 16.8. The molecule has 0 aliphatic rings. The number of benzene rings is 1. The third-order valence-corrected chi connectivity index (χ3v) is 4.04. The summed E-state index contributed by atoms with van der Waals surface area (Å²) in [5.41, 5.74) is 0.871. The Morgan fingerprint density at radius 2 is 1.78 bits per heavy atom. The van der Waals surface area contributed by atoms with Crippen molar-refractivity contribution in [3.05, 3.63) is 33.8 Å². The molecule has 2 aromatic rings. The van der Waals surface area contributed by atoms with E-state index in [1.54, 1.807) is 34.6 Å². The molecule has 1 aromatic heterocycles. The van der Waals surface area contributed by atoms with E-state index in [4.69, 9.17) is 14.2 Å². The summed E-state index contributed by atoms with van der Waals surface area (Å²) >= 11 is 1.32. The van der Waals surface area contributed by atoms with E-state index in [0.29, 0.717) is 22.1 Å². The Kier molecular flexibility index (Phi) is 5.59. The molecule has 1 N–H and O–H groups in total. The molecule has 0 atom stereocenters. The molecule has 6 nitrogen and oxygen atoms in total. The number of nitrogens with zero attached hydrogens (tertiary/aromatic N) is 1. The minimum absolute atomic E-state index is 0.144. The molecule has 0 aliphatic carbocycles. The van der Waals surface area contributed by atoms with Crippen molar-refractivity contribution in [2.24, 2.45) is 0 Å². The lowest BCUT2D eigenvalue weighted by molar-refractivity contribution is 0.0967. The molecule has 0 fully saturated rings. The van der Waals surface area contributed by atoms with Crippen LogP contribution in [-0.4, -0.2) is 39.3 Å². The van der Waals surface area contributed by atoms with Crippen LogP contribution in [0.15, 0.2) is 18.3 Å². The highest BCUT2D eigenvalue weighted by Gasteiger charge is 2.12. The first-order chi connectivity index (χ1) is 11.1. The molecular weight excluding hydrogens is 316 g/mol. The van der Waals surface area contributed by atoms with Gasteiger partial charge in [0.25, 0.3) is 5.91 Å². The Labute approximate surface area is 138 Å². The van der Waals surface area contributed by atoms with Crippen molar-refractivity contribution < 1.29 is 19.0 Å². The predicted molar refractivity (Wildman–Crippen MR) is 90.5 cm³/mol. The zero-order valence-electron chi connectivity index (χ0n) is 13.4. The summed E-state index contributed by atoms with van der Waals surface area (Å²) in [5.74, 6) is 1.56. The first-order valence-corrected chi connectivity index (χ1v) is 7.60. The van der Waals surface area contributed by atoms with Gasteiger partial charge in [0.05, 0.1) is 27.5 Å². The summed E-state index contributed by atoms with van der Waals surface area (Å²) in [4.78, 5) is 16.3. The third-order valence-electron chi connectivity index (χ3n) is 3.08. The number of hydrogen-bond donors (Lipinski definition) is 1. The normalized spacial score (nSPS) is 10.6. The maximum atomic E-state index is 11.5. The lowest BCUT2D eigenvalue weighted by Gasteiger charge is -2.12. The molecule has 0 saturated heterocycles. The summed E-state index contributed by atoms with van der Waals surface area (Å²) in [6.45, 7) is 0. The topological polar surface area (TPSA) is 69.7 Å². The van der Waals surface area contributed by atoms with Gasteiger partial charge in [0.1, 0.15) is 9.88 Å². The number of carbonyl (C=O) groups is 1. The van der Waals surface area contributed by atoms with Crippen LogP contribution in [0.2, 0.25) is 0 Å². The van der Waals surface area contributed by atoms with Crippen molar-refractivity contribution in [2.45, 2.75) is 0 Å². The average molecular weight is 334 g/mol. The van der Waals surface area contributed by atoms with Gasteiger partial charge in [-0.1, -0.05) is 6.08 Å². The number of nitrogens with one attached hydrogen (secondary N) is 1. The van der Waals surface area contributed by atoms with E-state index in [0.717, 1.165) is 10.6 Å². The van der Waals surface area contributed by atoms with E-state index in [-0.39, 0.29) is 5.91 Å². The number of carbonyl (C=O) groups excluding carboxylic acids is 1. The third kappa shape index (κ3) is 3.81. The minimum Gasteiger partial charge on any atom is -0.493 e. The van der Waals surface area contributed by atoms with Crippen LogP contribution in [0.1, 0.15) is 20.2 Å². The van der Waals surface area contributed by atoms with Crippen molar-refractivity contribution in [3.8, 4) is 17.2 Å². The molecule has 0 spiro atoms. The van der Waals surface area contributed by atoms with Crippen LogP contribution in [-0.2, 0) is 0 Å². The number of amides is 1. The molecule has 0 bridgehead atoms. The summed E-state index contributed by atoms with van der Waals surface area (Å²) in [5, 5.41) is 3.31. The highest BCUT2D eigenvalue weighted by molar-refractivity contribution is 7.14. The number of ether oxygens (including phenoxy) is 3. The number of thiazole rings is 1. The van der Waals surface area contributed by atoms with Crippen LogP contribution in [0.4, 0.5) is 0 Å². The van der Waals surface area contributed by atoms with Crippen LogP contribution >= 0.6 is 11.3 Å². The van der Waals surface area contributed by atoms with Crippen LogP contribution in [0, 0.1) is 0 Å². The van der Waals surface area contributed by atoms with E-state index in [1.165, 1.54) is 11.3 Å². The second kappa shape index (κ2) is 7.64. The molecule has 0 unspecified atom stereocenters. The minimum atomic E-state index is -0.144. The number of aromatic nitrogens is 1. The predicted octanol–water partition coefficient (Wildman–Crippen LogP) is 2.70. The van der Waals surface area contributed by atoms with Gasteiger partial charge >= 0.3 is 0 Å². The maximum Gasteiger partial charge on any atom is 0.262 e. The van der Waals surface area contributed by atoms with Gasteiger partial charge in [0.2, 0.25) is 5.75 Å². The molecular formula is C16H18N2O4S. The molecule has 2 rings (SSSR count). The van der Waals surface area contributed by atoms with Gasteiger partial charge in [-0.15, -0.1) is 11.3 Å². The molecule has 0 aliphatic heterocycles. The first-order valence-electron chi connectivity index (χ1n) is 6.79. The van der Waals surface area contributed by atoms with Crippen molar-refractivity contribution in [2.75, 3.05) is 28.4 Å². The monoisotopic (exact) mass is 334 g/mol. The fraction of sp³-hybridized carbons (Fsp3) is 0.250. The van der Waals surface area contributed by atoms with Gasteiger partial charge in [-0.25, -0.2) is 4.98 Å². The number of hydrogen-bond acceptors (Lipinski definition) is 6. The van der Waals surface area contributed by atoms with E-state index in [1.807, 2.05) is 24.3 Å². The van der Waals surface area contributed by atoms with Crippen molar-refractivity contribution in [3.63, 3.8) is 0 Å². The van der Waals surface area contributed by atoms with Crippen LogP contribution in [0.25, 0.3) is 12.2 Å². The van der Waals surface area contributed by atoms with E-state index >= 15 is 0 Å². The highest BCUT2D eigenvalue weighted by atomic mass is 32.1. The van der Waals surface area contributed by atoms with Crippen LogP contribution in [0.5, 0.6) is 17.2 Å². The van der Waals surface area contributed by atoms with Crippen LogP contribution in [0.3, 0.4) is 0 Å². The largest absolute Gasteiger partial charge is 0.493 e. The van der Waals surface area contributed by atoms with E-state index < -0.39 is 0 Å². The molecule has 0 saturated carbocycles. The lowest BCUT2D eigenvalue weighted by Crippen LogP contribution is -2.16. The Morgan fingerprint density at radius 1 is 1.13 bits per heavy atom. The fourth-order valence-corrected chi connectivity index (χ4v) is 2.72. The van der Waals surface area contributed by atoms with Crippen LogP contribution < -0.4 is 19.5 Å². The molecule has 0 radical (unpaired) electrons. The number of rotatable bonds is 6. The Bertz CT molecular complexity index is 700. The average Bonchev–Trinajstić information content (AvgIpc) is 3.07. The second-order valence-electron chi connectivity index (χ2n) is 4.43. The van der Waals surface area contributed by atoms with Gasteiger partial charge in [0, 0.05) is 7.05 Å². The molecule has 1 aromatic carbocycles. The van der Waals surface area contributed by atoms with E-state index in [2.05, 4.69) is 10.3 Å². The Balaban J connectivity index is 2.28. The van der Waals surface area contributed by atoms with Crippen molar-refractivity contribution in [1.82, 2.24) is 10.3 Å². The van der Waals surface area contributed by atoms with Gasteiger partial charge < -0.3 is 19.5 Å². The van der Waals surface area contributed by atoms with E-state index in [9.17, 15) is 4.79 Å². The molecule has 23 heavy (non-hydrogen) atoms. The van der Waals surface area contributed by atoms with Gasteiger partial charge in [0.15, 0.2) is 11.5 Å². The summed E-state index contributed by atoms with van der Waals surface area (Å²) in [6, 6.07) is 3.68. The smallest absolute Gasteiger partial charge is 0.262 e. The fourth-order valence-electron chi connectivity index (χ4n) is 1.96. The Hall–Kier alpha value is -2.54. The standard InChI is InChI=1S/C16H18N2O4S/c1-17-16(19)13-9-18-14(23-13)6-5-10-7-11(20-2)15(22-4)12(8-10)21-3/h5-9H,1-4H3,(H,17,19)/b6-5+. The van der Waals surface area contributed by atoms with Crippen molar-refractivity contribution in [1.29, 1.82) is 0 Å².